The van der Waals surface area contributed by atoms with Crippen LogP contribution in [0, 0.1) is 5.92 Å². The molecule has 2 aromatic heterocycles. The first-order valence-electron chi connectivity index (χ1n) is 12.0. The Balaban J connectivity index is 0.000000420. The Morgan fingerprint density at radius 3 is 2.54 bits per heavy atom. The lowest BCUT2D eigenvalue weighted by molar-refractivity contribution is -0.119. The summed E-state index contributed by atoms with van der Waals surface area (Å²) in [7, 11) is 0. The van der Waals surface area contributed by atoms with Gasteiger partial charge in [-0.2, -0.15) is 9.97 Å². The number of benzene rings is 1. The maximum absolute atomic E-state index is 12.2. The van der Waals surface area contributed by atoms with Crippen LogP contribution in [0.5, 0.6) is 0 Å². The van der Waals surface area contributed by atoms with Gasteiger partial charge in [0.05, 0.1) is 6.54 Å². The van der Waals surface area contributed by atoms with Gasteiger partial charge in [0.15, 0.2) is 0 Å². The average Bonchev–Trinajstić information content (AvgIpc) is 3.38. The highest BCUT2D eigenvalue weighted by atomic mass is 35.5. The van der Waals surface area contributed by atoms with E-state index in [9.17, 15) is 4.79 Å². The monoisotopic (exact) mass is 517 g/mol. The lowest BCUT2D eigenvalue weighted by atomic mass is 9.91. The molecule has 1 amide bonds. The number of anilines is 2. The second kappa shape index (κ2) is 13.9. The molecule has 1 fully saturated rings. The molecule has 1 aliphatic rings. The molecule has 3 N–H and O–H groups in total. The molecular weight excluding hydrogens is 485 g/mol. The number of aromatic nitrogens is 4. The Hall–Kier alpha value is -2.84. The fourth-order valence-electron chi connectivity index (χ4n) is 3.69. The third-order valence-electron chi connectivity index (χ3n) is 5.63. The van der Waals surface area contributed by atoms with Crippen LogP contribution < -0.4 is 16.0 Å². The maximum atomic E-state index is 12.2. The van der Waals surface area contributed by atoms with Crippen molar-refractivity contribution in [3.05, 3.63) is 58.6 Å². The Morgan fingerprint density at radius 2 is 1.91 bits per heavy atom. The second-order valence-electron chi connectivity index (χ2n) is 8.54. The summed E-state index contributed by atoms with van der Waals surface area (Å²) in [5.41, 5.74) is 0.790. The van der Waals surface area contributed by atoms with Crippen LogP contribution in [0.2, 0.25) is 10.0 Å². The third-order valence-corrected chi connectivity index (χ3v) is 6.22. The Morgan fingerprint density at radius 1 is 1.11 bits per heavy atom. The first-order chi connectivity index (χ1) is 16.9. The summed E-state index contributed by atoms with van der Waals surface area (Å²) in [5.74, 6) is 2.46. The topological polar surface area (TPSA) is 96.8 Å². The smallest absolute Gasteiger partial charge is 0.239 e. The van der Waals surface area contributed by atoms with Crippen molar-refractivity contribution in [2.24, 2.45) is 5.92 Å². The number of halogens is 2. The quantitative estimate of drug-likeness (QED) is 0.353. The lowest BCUT2D eigenvalue weighted by Crippen LogP contribution is -2.29. The normalized spacial score (nSPS) is 13.5. The fraction of sp³-hybridized carbons (Fsp3) is 0.440. The van der Waals surface area contributed by atoms with E-state index in [0.717, 1.165) is 11.5 Å². The second-order valence-corrected chi connectivity index (χ2v) is 9.39. The number of carbonyl (C=O) groups is 1. The number of hydrogen-bond acceptors (Lipinski definition) is 6. The number of amides is 1. The van der Waals surface area contributed by atoms with Gasteiger partial charge in [0.25, 0.3) is 0 Å². The van der Waals surface area contributed by atoms with Gasteiger partial charge in [0, 0.05) is 41.6 Å². The van der Waals surface area contributed by atoms with Gasteiger partial charge in [0.2, 0.25) is 11.9 Å². The van der Waals surface area contributed by atoms with Crippen LogP contribution in [0.15, 0.2) is 43.0 Å². The minimum absolute atomic E-state index is 0.0527. The van der Waals surface area contributed by atoms with E-state index in [2.05, 4.69) is 37.8 Å². The molecule has 2 heterocycles. The molecule has 1 aliphatic carbocycles. The summed E-state index contributed by atoms with van der Waals surface area (Å²) in [6, 6.07) is 6.90. The number of carbonyl (C=O) groups excluding carboxylic acids is 1. The zero-order valence-corrected chi connectivity index (χ0v) is 21.7. The molecule has 0 spiro atoms. The SMILES string of the molecule is CC1CCCCC1.CCNc1nc(NCC(=O)NCc2ccc(Cl)cc2Cl)cc(-n2ccnc2)n1. The molecule has 0 saturated heterocycles. The average molecular weight is 518 g/mol. The zero-order chi connectivity index (χ0) is 25.0. The molecular formula is C25H33Cl2N7O. The van der Waals surface area contributed by atoms with Gasteiger partial charge in [0.1, 0.15) is 18.0 Å². The van der Waals surface area contributed by atoms with Gasteiger partial charge < -0.3 is 16.0 Å². The molecule has 0 radical (unpaired) electrons. The molecule has 0 aliphatic heterocycles. The molecule has 1 saturated carbocycles. The molecule has 8 nitrogen and oxygen atoms in total. The Kier molecular flexibility index (Phi) is 10.6. The van der Waals surface area contributed by atoms with Gasteiger partial charge in [-0.1, -0.05) is 68.3 Å². The first kappa shape index (κ1) is 26.8. The highest BCUT2D eigenvalue weighted by molar-refractivity contribution is 6.35. The predicted octanol–water partition coefficient (Wildman–Crippen LogP) is 5.72. The Labute approximate surface area is 216 Å². The van der Waals surface area contributed by atoms with Crippen molar-refractivity contribution >= 4 is 40.9 Å². The summed E-state index contributed by atoms with van der Waals surface area (Å²) in [4.78, 5) is 25.0. The first-order valence-corrected chi connectivity index (χ1v) is 12.8. The van der Waals surface area contributed by atoms with Gasteiger partial charge in [-0.3, -0.25) is 9.36 Å². The van der Waals surface area contributed by atoms with E-state index in [1.54, 1.807) is 47.6 Å². The number of imidazole rings is 1. The number of nitrogens with zero attached hydrogens (tertiary/aromatic N) is 4. The Bertz CT molecular complexity index is 1070. The largest absolute Gasteiger partial charge is 0.361 e. The van der Waals surface area contributed by atoms with Gasteiger partial charge >= 0.3 is 0 Å². The highest BCUT2D eigenvalue weighted by Gasteiger charge is 2.09. The lowest BCUT2D eigenvalue weighted by Gasteiger charge is -2.15. The van der Waals surface area contributed by atoms with Gasteiger partial charge in [-0.25, -0.2) is 4.98 Å². The molecule has 1 aromatic carbocycles. The van der Waals surface area contributed by atoms with Gasteiger partial charge in [-0.05, 0) is 30.5 Å². The molecule has 3 aromatic rings. The van der Waals surface area contributed by atoms with Crippen LogP contribution in [0.4, 0.5) is 11.8 Å². The number of rotatable bonds is 8. The van der Waals surface area contributed by atoms with E-state index in [1.807, 2.05) is 6.92 Å². The minimum Gasteiger partial charge on any atom is -0.361 e. The van der Waals surface area contributed by atoms with Crippen LogP contribution in [0.25, 0.3) is 5.82 Å². The molecule has 188 valence electrons. The molecule has 0 atom stereocenters. The molecule has 10 heteroatoms. The van der Waals surface area contributed by atoms with Crippen molar-refractivity contribution in [1.82, 2.24) is 24.8 Å². The van der Waals surface area contributed by atoms with Crippen molar-refractivity contribution in [2.45, 2.75) is 52.5 Å². The van der Waals surface area contributed by atoms with Crippen LogP contribution in [-0.2, 0) is 11.3 Å². The molecule has 4 rings (SSSR count). The van der Waals surface area contributed by atoms with Crippen molar-refractivity contribution in [3.63, 3.8) is 0 Å². The van der Waals surface area contributed by atoms with E-state index in [4.69, 9.17) is 23.2 Å². The fourth-order valence-corrected chi connectivity index (χ4v) is 4.16. The van der Waals surface area contributed by atoms with E-state index in [0.29, 0.717) is 40.7 Å². The molecule has 35 heavy (non-hydrogen) atoms. The predicted molar refractivity (Wildman–Crippen MR) is 142 cm³/mol. The summed E-state index contributed by atoms with van der Waals surface area (Å²) in [6.07, 6.45) is 12.5. The van der Waals surface area contributed by atoms with E-state index >= 15 is 0 Å². The van der Waals surface area contributed by atoms with Crippen LogP contribution in [0.1, 0.15) is 51.5 Å². The van der Waals surface area contributed by atoms with E-state index in [-0.39, 0.29) is 12.5 Å². The van der Waals surface area contributed by atoms with Crippen LogP contribution in [-0.4, -0.2) is 38.5 Å². The standard InChI is InChI=1S/C18H19Cl2N7O.C7H14/c1-2-22-18-25-15(8-16(26-18)27-6-5-21-11-27)23-10-17(28)24-9-12-3-4-13(19)7-14(12)20;1-7-5-3-2-4-6-7/h3-8,11H,2,9-10H2,1H3,(H,24,28)(H2,22,23,25,26);7H,2-6H2,1H3. The highest BCUT2D eigenvalue weighted by Crippen LogP contribution is 2.22. The van der Waals surface area contributed by atoms with Crippen molar-refractivity contribution in [3.8, 4) is 5.82 Å². The van der Waals surface area contributed by atoms with E-state index < -0.39 is 0 Å². The molecule has 0 bridgehead atoms. The van der Waals surface area contributed by atoms with Crippen molar-refractivity contribution in [1.29, 1.82) is 0 Å². The van der Waals surface area contributed by atoms with Gasteiger partial charge in [-0.15, -0.1) is 0 Å². The van der Waals surface area contributed by atoms with Crippen LogP contribution in [0.3, 0.4) is 0 Å². The van der Waals surface area contributed by atoms with Crippen LogP contribution >= 0.6 is 23.2 Å². The zero-order valence-electron chi connectivity index (χ0n) is 20.2. The summed E-state index contributed by atoms with van der Waals surface area (Å²) < 4.78 is 1.76. The number of nitrogens with one attached hydrogen (secondary N) is 3. The summed E-state index contributed by atoms with van der Waals surface area (Å²) >= 11 is 12.0. The third kappa shape index (κ3) is 9.03. The van der Waals surface area contributed by atoms with Crippen molar-refractivity contribution in [2.75, 3.05) is 23.7 Å². The molecule has 0 unspecified atom stereocenters. The van der Waals surface area contributed by atoms with E-state index in [1.165, 1.54) is 32.1 Å². The minimum atomic E-state index is -0.196. The number of hydrogen-bond donors (Lipinski definition) is 3. The van der Waals surface area contributed by atoms with Crippen molar-refractivity contribution < 1.29 is 4.79 Å². The maximum Gasteiger partial charge on any atom is 0.239 e. The summed E-state index contributed by atoms with van der Waals surface area (Å²) in [6.45, 7) is 5.35. The summed E-state index contributed by atoms with van der Waals surface area (Å²) in [5, 5.41) is 9.96.